The second kappa shape index (κ2) is 21.3. The van der Waals surface area contributed by atoms with Crippen LogP contribution < -0.4 is 24.8 Å². The van der Waals surface area contributed by atoms with Gasteiger partial charge in [0.25, 0.3) is 0 Å². The van der Waals surface area contributed by atoms with Gasteiger partial charge in [0.1, 0.15) is 17.2 Å². The molecule has 2 aliphatic carbocycles. The Balaban J connectivity index is 0.000000228. The fourth-order valence-corrected chi connectivity index (χ4v) is 5.88. The first-order valence-corrected chi connectivity index (χ1v) is 18.3. The number of pyridine rings is 2. The fraction of sp³-hybridized carbons (Fsp3) is 0.424. The molecule has 0 aliphatic heterocycles. The Hall–Kier alpha value is -2.56. The number of halogens is 3. The molecule has 5 aromatic heterocycles. The van der Waals surface area contributed by atoms with Crippen molar-refractivity contribution in [1.82, 2.24) is 38.6 Å². The van der Waals surface area contributed by atoms with Gasteiger partial charge in [-0.2, -0.15) is 0 Å². The molecule has 8 nitrogen and oxygen atoms in total. The first-order chi connectivity index (χ1) is 21.2. The predicted molar refractivity (Wildman–Crippen MR) is 169 cm³/mol. The quantitative estimate of drug-likeness (QED) is 0.277. The number of hydrogen-bond donors (Lipinski definition) is 0. The summed E-state index contributed by atoms with van der Waals surface area (Å²) < 4.78 is 6.42. The van der Waals surface area contributed by atoms with E-state index in [2.05, 4.69) is 45.3 Å². The average molecular weight is 847 g/mol. The molecule has 2 saturated carbocycles. The Labute approximate surface area is 294 Å². The molecular weight excluding hydrogens is 805 g/mol. The van der Waals surface area contributed by atoms with Gasteiger partial charge in [0.2, 0.25) is 0 Å². The van der Waals surface area contributed by atoms with Crippen molar-refractivity contribution in [3.63, 3.8) is 0 Å². The Kier molecular flexibility index (Phi) is 18.3. The summed E-state index contributed by atoms with van der Waals surface area (Å²) in [4.78, 5) is 21.4. The van der Waals surface area contributed by atoms with E-state index in [0.29, 0.717) is 0 Å². The molecule has 5 heterocycles. The monoisotopic (exact) mass is 847 g/mol. The van der Waals surface area contributed by atoms with Gasteiger partial charge in [-0.25, -0.2) is 15.0 Å². The predicted octanol–water partition coefficient (Wildman–Crippen LogP) is 2.10. The Morgan fingerprint density at radius 2 is 1.04 bits per heavy atom. The van der Waals surface area contributed by atoms with Gasteiger partial charge >= 0.3 is 27.2 Å². The van der Waals surface area contributed by atoms with Crippen LogP contribution in [0.15, 0.2) is 86.0 Å². The van der Waals surface area contributed by atoms with Gasteiger partial charge < -0.3 is 38.5 Å². The van der Waals surface area contributed by atoms with Crippen molar-refractivity contribution in [2.75, 3.05) is 0 Å². The van der Waals surface area contributed by atoms with Crippen LogP contribution in [-0.2, 0) is 31.7 Å². The first kappa shape index (κ1) is 38.6. The van der Waals surface area contributed by atoms with E-state index in [1.807, 2.05) is 78.2 Å². The molecule has 5 aromatic rings. The van der Waals surface area contributed by atoms with Gasteiger partial charge in [-0.05, 0) is 49.9 Å². The number of aromatic nitrogens is 8. The standard InChI is InChI=1S/C15H24N2.2C9H9N3.3ClH.Os/c1-3-7-13(8-4-1)15-16-11-12-17(15)14-9-5-2-6-10-14;2*1-12-7-6-11-9(12)8-4-2-3-5-10-8;;;;/h11-14H,1-10H2;2*2-7H,1H3;3*1H;/q;;;;;;+1/p-3. The van der Waals surface area contributed by atoms with Gasteiger partial charge in [0.05, 0.1) is 0 Å². The third-order valence-electron chi connectivity index (χ3n) is 8.07. The number of hydrogen-bond acceptors (Lipinski definition) is 5. The van der Waals surface area contributed by atoms with Crippen LogP contribution in [0.25, 0.3) is 23.0 Å². The van der Waals surface area contributed by atoms with E-state index in [1.165, 1.54) is 87.6 Å². The summed E-state index contributed by atoms with van der Waals surface area (Å²) in [6.07, 6.45) is 29.1. The van der Waals surface area contributed by atoms with Gasteiger partial charge in [0, 0.05) is 75.6 Å². The summed E-state index contributed by atoms with van der Waals surface area (Å²) in [5.41, 5.74) is 1.81. The molecule has 245 valence electrons. The number of nitrogens with zero attached hydrogens (tertiary/aromatic N) is 8. The second-order valence-electron chi connectivity index (χ2n) is 11.0. The second-order valence-corrected chi connectivity index (χ2v) is 11.0. The van der Waals surface area contributed by atoms with Crippen molar-refractivity contribution in [2.24, 2.45) is 14.1 Å². The largest absolute Gasteiger partial charge is 0.332 e. The molecule has 45 heavy (non-hydrogen) atoms. The molecule has 0 saturated heterocycles. The SMILES string of the molecule is Cn1ccnc1-c1ccccn1.Cn1ccnc1-c1ccccn1.[Cl-].[Cl-].[Cl][Os].c1cn(C2CCCCC2)c(C2CCCCC2)n1. The van der Waals surface area contributed by atoms with Crippen molar-refractivity contribution >= 4 is 9.64 Å². The number of rotatable bonds is 4. The van der Waals surface area contributed by atoms with Crippen molar-refractivity contribution in [3.8, 4) is 23.0 Å². The summed E-state index contributed by atoms with van der Waals surface area (Å²) in [6, 6.07) is 12.3. The maximum absolute atomic E-state index is 4.68. The molecule has 0 bridgehead atoms. The van der Waals surface area contributed by atoms with Crippen molar-refractivity contribution in [1.29, 1.82) is 0 Å². The van der Waals surface area contributed by atoms with Crippen LogP contribution in [-0.4, -0.2) is 38.6 Å². The number of aryl methyl sites for hydroxylation is 2. The summed E-state index contributed by atoms with van der Waals surface area (Å²) in [5, 5.41) is 0. The molecule has 0 aromatic carbocycles. The Morgan fingerprint density at radius 1 is 0.578 bits per heavy atom. The molecule has 2 fully saturated rings. The molecule has 0 amide bonds. The van der Waals surface area contributed by atoms with Crippen LogP contribution in [0.1, 0.15) is 82.0 Å². The van der Waals surface area contributed by atoms with Gasteiger partial charge in [0.15, 0.2) is 11.6 Å². The first-order valence-electron chi connectivity index (χ1n) is 15.1. The third-order valence-corrected chi connectivity index (χ3v) is 8.07. The molecule has 0 N–H and O–H groups in total. The Bertz CT molecular complexity index is 1340. The zero-order valence-corrected chi connectivity index (χ0v) is 30.7. The van der Waals surface area contributed by atoms with Crippen molar-refractivity contribution in [3.05, 3.63) is 91.8 Å². The van der Waals surface area contributed by atoms with E-state index in [-0.39, 0.29) is 24.8 Å². The normalized spacial score (nSPS) is 14.6. The minimum absolute atomic E-state index is 0. The van der Waals surface area contributed by atoms with Crippen molar-refractivity contribution in [2.45, 2.75) is 76.2 Å². The van der Waals surface area contributed by atoms with E-state index in [9.17, 15) is 0 Å². The molecule has 0 atom stereocenters. The van der Waals surface area contributed by atoms with Gasteiger partial charge in [-0.1, -0.05) is 50.7 Å². The molecule has 0 unspecified atom stereocenters. The van der Waals surface area contributed by atoms with Crippen LogP contribution in [0.3, 0.4) is 0 Å². The molecular formula is C33H42Cl3N8Os-2. The average Bonchev–Trinajstić information content (AvgIpc) is 3.86. The summed E-state index contributed by atoms with van der Waals surface area (Å²) in [7, 11) is 8.58. The zero-order chi connectivity index (χ0) is 30.3. The van der Waals surface area contributed by atoms with Crippen LogP contribution in [0.5, 0.6) is 0 Å². The number of imidazole rings is 3. The maximum atomic E-state index is 4.68. The maximum Gasteiger partial charge on any atom is 0.112 e. The Morgan fingerprint density at radius 3 is 1.47 bits per heavy atom. The fourth-order valence-electron chi connectivity index (χ4n) is 5.88. The summed E-state index contributed by atoms with van der Waals surface area (Å²) in [6.45, 7) is 0. The smallest absolute Gasteiger partial charge is 0.112 e. The van der Waals surface area contributed by atoms with E-state index in [1.54, 1.807) is 24.8 Å². The zero-order valence-electron chi connectivity index (χ0n) is 25.9. The van der Waals surface area contributed by atoms with E-state index in [0.717, 1.165) is 35.0 Å². The van der Waals surface area contributed by atoms with Crippen molar-refractivity contribution < 1.29 is 42.4 Å². The summed E-state index contributed by atoms with van der Waals surface area (Å²) >= 11 is 1.33. The van der Waals surface area contributed by atoms with Crippen LogP contribution in [0.4, 0.5) is 0 Å². The minimum atomic E-state index is 0. The van der Waals surface area contributed by atoms with E-state index >= 15 is 0 Å². The topological polar surface area (TPSA) is 79.2 Å². The van der Waals surface area contributed by atoms with Gasteiger partial charge in [-0.15, -0.1) is 0 Å². The van der Waals surface area contributed by atoms with E-state index < -0.39 is 0 Å². The van der Waals surface area contributed by atoms with Crippen LogP contribution in [0.2, 0.25) is 0 Å². The van der Waals surface area contributed by atoms with Crippen LogP contribution >= 0.6 is 9.64 Å². The molecule has 0 radical (unpaired) electrons. The molecule has 12 heteroatoms. The third kappa shape index (κ3) is 11.3. The molecule has 7 rings (SSSR count). The van der Waals surface area contributed by atoms with Crippen LogP contribution in [0, 0.1) is 0 Å². The molecule has 2 aliphatic rings. The van der Waals surface area contributed by atoms with E-state index in [4.69, 9.17) is 0 Å². The molecule has 0 spiro atoms. The minimum Gasteiger partial charge on any atom is -0.332 e. The summed E-state index contributed by atoms with van der Waals surface area (Å²) in [5.74, 6) is 3.95. The van der Waals surface area contributed by atoms with Gasteiger partial charge in [-0.3, -0.25) is 9.97 Å².